The van der Waals surface area contributed by atoms with Crippen LogP contribution in [-0.2, 0) is 6.18 Å². The number of nitrogens with zero attached hydrogens (tertiary/aromatic N) is 4. The Balaban J connectivity index is 2.86. The lowest BCUT2D eigenvalue weighted by atomic mass is 10.1. The Hall–Kier alpha value is -2.44. The molecule has 0 spiro atoms. The van der Waals surface area contributed by atoms with Crippen molar-refractivity contribution in [3.05, 3.63) is 49.2 Å². The maximum Gasteiger partial charge on any atom is 0.418 e. The summed E-state index contributed by atoms with van der Waals surface area (Å²) in [7, 11) is 0. The number of allylic oxidation sites excluding steroid dienone is 1. The van der Waals surface area contributed by atoms with Crippen LogP contribution in [0.15, 0.2) is 28.4 Å². The van der Waals surface area contributed by atoms with E-state index < -0.39 is 50.1 Å². The van der Waals surface area contributed by atoms with Gasteiger partial charge in [0, 0.05) is 12.1 Å². The first-order chi connectivity index (χ1) is 11.4. The van der Waals surface area contributed by atoms with Gasteiger partial charge in [0.25, 0.3) is 5.69 Å². The van der Waals surface area contributed by atoms with E-state index in [2.05, 4.69) is 4.99 Å². The molecule has 9 nitrogen and oxygen atoms in total. The number of alkyl halides is 3. The predicted octanol–water partition coefficient (Wildman–Crippen LogP) is 3.30. The summed E-state index contributed by atoms with van der Waals surface area (Å²) in [6.45, 7) is 0. The third-order valence-corrected chi connectivity index (χ3v) is 3.51. The van der Waals surface area contributed by atoms with E-state index in [-0.39, 0.29) is 11.2 Å². The molecule has 134 valence electrons. The highest BCUT2D eigenvalue weighted by Gasteiger charge is 2.43. The standard InChI is InChI=1S/C11H6Cl2F3N5O4/c12-7-3-8(13)19(10(17)18-7)9-5(11(14,15)16)1-4(20(22)23)2-6(9)21(24)25/h1-3,10H,17H2. The van der Waals surface area contributed by atoms with E-state index >= 15 is 0 Å². The smallest absolute Gasteiger partial charge is 0.292 e. The number of aliphatic imine (C=N–C) groups is 1. The van der Waals surface area contributed by atoms with Crippen LogP contribution in [0.5, 0.6) is 0 Å². The lowest BCUT2D eigenvalue weighted by molar-refractivity contribution is -0.394. The van der Waals surface area contributed by atoms with Crippen LogP contribution in [0.4, 0.5) is 30.2 Å². The van der Waals surface area contributed by atoms with Gasteiger partial charge in [-0.2, -0.15) is 13.2 Å². The summed E-state index contributed by atoms with van der Waals surface area (Å²) in [6, 6.07) is 0.528. The van der Waals surface area contributed by atoms with E-state index in [1.165, 1.54) is 0 Å². The van der Waals surface area contributed by atoms with E-state index in [9.17, 15) is 33.4 Å². The van der Waals surface area contributed by atoms with Crippen LogP contribution in [0, 0.1) is 20.2 Å². The van der Waals surface area contributed by atoms with Gasteiger partial charge in [0.05, 0.1) is 21.5 Å². The largest absolute Gasteiger partial charge is 0.418 e. The third kappa shape index (κ3) is 3.65. The molecule has 14 heteroatoms. The number of non-ortho nitro benzene ring substituents is 1. The fourth-order valence-electron chi connectivity index (χ4n) is 2.07. The minimum atomic E-state index is -5.17. The Morgan fingerprint density at radius 1 is 1.20 bits per heavy atom. The van der Waals surface area contributed by atoms with Gasteiger partial charge >= 0.3 is 11.9 Å². The van der Waals surface area contributed by atoms with Crippen LogP contribution < -0.4 is 10.6 Å². The molecular formula is C11H6Cl2F3N5O4. The van der Waals surface area contributed by atoms with Crippen molar-refractivity contribution < 1.29 is 23.0 Å². The maximum atomic E-state index is 13.4. The van der Waals surface area contributed by atoms with Gasteiger partial charge in [-0.15, -0.1) is 0 Å². The first-order valence-electron chi connectivity index (χ1n) is 6.13. The van der Waals surface area contributed by atoms with Crippen LogP contribution in [0.1, 0.15) is 5.56 Å². The Morgan fingerprint density at radius 3 is 2.24 bits per heavy atom. The summed E-state index contributed by atoms with van der Waals surface area (Å²) in [5.74, 6) is 0. The number of rotatable bonds is 3. The van der Waals surface area contributed by atoms with E-state index in [1.54, 1.807) is 0 Å². The molecule has 2 rings (SSSR count). The summed E-state index contributed by atoms with van der Waals surface area (Å²) < 4.78 is 40.2. The lowest BCUT2D eigenvalue weighted by Crippen LogP contribution is -2.42. The Kier molecular flexibility index (Phi) is 4.88. The first kappa shape index (κ1) is 18.9. The average molecular weight is 400 g/mol. The molecule has 1 aromatic carbocycles. The fraction of sp³-hybridized carbons (Fsp3) is 0.182. The zero-order valence-corrected chi connectivity index (χ0v) is 13.2. The van der Waals surface area contributed by atoms with Crippen molar-refractivity contribution in [1.29, 1.82) is 0 Å². The molecule has 0 saturated carbocycles. The molecule has 1 aliphatic heterocycles. The van der Waals surface area contributed by atoms with Crippen molar-refractivity contribution >= 4 is 45.4 Å². The zero-order valence-electron chi connectivity index (χ0n) is 11.7. The minimum Gasteiger partial charge on any atom is -0.292 e. The van der Waals surface area contributed by atoms with Crippen LogP contribution >= 0.6 is 23.2 Å². The van der Waals surface area contributed by atoms with Gasteiger partial charge in [-0.1, -0.05) is 23.2 Å². The third-order valence-electron chi connectivity index (χ3n) is 3.02. The molecule has 0 fully saturated rings. The molecule has 0 saturated heterocycles. The number of halogens is 5. The van der Waals surface area contributed by atoms with Gasteiger partial charge in [-0.3, -0.25) is 30.9 Å². The monoisotopic (exact) mass is 399 g/mol. The van der Waals surface area contributed by atoms with Crippen molar-refractivity contribution in [2.45, 2.75) is 12.5 Å². The van der Waals surface area contributed by atoms with E-state index in [4.69, 9.17) is 28.9 Å². The fourth-order valence-corrected chi connectivity index (χ4v) is 2.62. The van der Waals surface area contributed by atoms with Crippen molar-refractivity contribution in [3.63, 3.8) is 0 Å². The Morgan fingerprint density at radius 2 is 1.80 bits per heavy atom. The molecule has 1 aromatic rings. The van der Waals surface area contributed by atoms with Gasteiger partial charge < -0.3 is 0 Å². The molecule has 1 aliphatic rings. The molecule has 0 aliphatic carbocycles. The molecule has 0 bridgehead atoms. The van der Waals surface area contributed by atoms with Crippen molar-refractivity contribution in [2.75, 3.05) is 4.90 Å². The lowest BCUT2D eigenvalue weighted by Gasteiger charge is -2.31. The van der Waals surface area contributed by atoms with Gasteiger partial charge in [0.2, 0.25) is 0 Å². The number of anilines is 1. The van der Waals surface area contributed by atoms with Crippen molar-refractivity contribution in [2.24, 2.45) is 10.7 Å². The number of hydrogen-bond donors (Lipinski definition) is 1. The molecule has 25 heavy (non-hydrogen) atoms. The van der Waals surface area contributed by atoms with Gasteiger partial charge in [0.1, 0.15) is 16.0 Å². The Bertz CT molecular complexity index is 827. The van der Waals surface area contributed by atoms with Crippen LogP contribution in [-0.4, -0.2) is 21.3 Å². The van der Waals surface area contributed by atoms with Crippen LogP contribution in [0.3, 0.4) is 0 Å². The second-order valence-corrected chi connectivity index (χ2v) is 5.35. The molecule has 0 radical (unpaired) electrons. The molecule has 1 heterocycles. The van der Waals surface area contributed by atoms with Crippen molar-refractivity contribution in [3.8, 4) is 0 Å². The highest BCUT2D eigenvalue weighted by Crippen LogP contribution is 2.46. The van der Waals surface area contributed by atoms with Gasteiger partial charge in [-0.25, -0.2) is 4.99 Å². The van der Waals surface area contributed by atoms with Crippen molar-refractivity contribution in [1.82, 2.24) is 0 Å². The average Bonchev–Trinajstić information content (AvgIpc) is 2.44. The maximum absolute atomic E-state index is 13.4. The number of nitro benzene ring substituents is 2. The molecular weight excluding hydrogens is 394 g/mol. The number of benzene rings is 1. The van der Waals surface area contributed by atoms with E-state index in [0.717, 1.165) is 6.08 Å². The minimum absolute atomic E-state index is 0.152. The number of hydrogen-bond acceptors (Lipinski definition) is 7. The molecule has 0 aromatic heterocycles. The number of nitrogens with two attached hydrogens (primary N) is 1. The van der Waals surface area contributed by atoms with Gasteiger partial charge in [-0.05, 0) is 0 Å². The summed E-state index contributed by atoms with van der Waals surface area (Å²) in [4.78, 5) is 23.7. The predicted molar refractivity (Wildman–Crippen MR) is 82.4 cm³/mol. The quantitative estimate of drug-likeness (QED) is 0.471. The van der Waals surface area contributed by atoms with E-state index in [0.29, 0.717) is 11.0 Å². The van der Waals surface area contributed by atoms with Crippen LogP contribution in [0.25, 0.3) is 0 Å². The molecule has 2 N–H and O–H groups in total. The topological polar surface area (TPSA) is 128 Å². The Labute approximate surface area is 146 Å². The summed E-state index contributed by atoms with van der Waals surface area (Å²) in [5.41, 5.74) is 0.506. The normalized spacial score (nSPS) is 17.8. The summed E-state index contributed by atoms with van der Waals surface area (Å²) in [5, 5.41) is 21.3. The number of nitro groups is 2. The molecule has 0 amide bonds. The highest BCUT2D eigenvalue weighted by atomic mass is 35.5. The first-order valence-corrected chi connectivity index (χ1v) is 6.88. The summed E-state index contributed by atoms with van der Waals surface area (Å²) in [6.07, 6.45) is -5.85. The zero-order chi connectivity index (χ0) is 19.1. The second kappa shape index (κ2) is 6.46. The molecule has 1 atom stereocenters. The highest BCUT2D eigenvalue weighted by molar-refractivity contribution is 6.69. The van der Waals surface area contributed by atoms with Gasteiger partial charge in [0.15, 0.2) is 6.29 Å². The second-order valence-electron chi connectivity index (χ2n) is 4.58. The summed E-state index contributed by atoms with van der Waals surface area (Å²) >= 11 is 11.4. The molecule has 1 unspecified atom stereocenters. The van der Waals surface area contributed by atoms with Crippen LogP contribution in [0.2, 0.25) is 0 Å². The SMILES string of the molecule is NC1N=C(Cl)C=C(Cl)N1c1c([N+](=O)[O-])cc([N+](=O)[O-])cc1C(F)(F)F. The van der Waals surface area contributed by atoms with E-state index in [1.807, 2.05) is 0 Å².